The third-order valence-corrected chi connectivity index (χ3v) is 9.08. The van der Waals surface area contributed by atoms with E-state index in [0.29, 0.717) is 23.4 Å². The third kappa shape index (κ3) is 5.09. The van der Waals surface area contributed by atoms with Crippen molar-refractivity contribution >= 4 is 40.2 Å². The van der Waals surface area contributed by atoms with Crippen LogP contribution in [0.25, 0.3) is 0 Å². The van der Waals surface area contributed by atoms with Gasteiger partial charge in [0, 0.05) is 17.1 Å². The molecule has 2 aliphatic rings. The minimum Gasteiger partial charge on any atom is -0.458 e. The minimum absolute atomic E-state index is 0.0272. The molecular formula is C40H48BNO. The first-order valence-corrected chi connectivity index (χ1v) is 15.7. The standard InChI is InChI=1S/C40H48BNO/c1-37(2,3)25-13-17-29(18-14-25)42-32-19-15-26(38(4,5)6)21-30(32)41-31-22-27(39(7,8)9)16-20-34(31)43-35-24-28(40(10,11)12)23-33(42)36(35)41/h13-24H,1-12H3/i23D,24D. The van der Waals surface area contributed by atoms with Crippen LogP contribution in [-0.4, -0.2) is 6.71 Å². The van der Waals surface area contributed by atoms with Gasteiger partial charge in [0.2, 0.25) is 0 Å². The number of benzene rings is 4. The van der Waals surface area contributed by atoms with Gasteiger partial charge in [-0.3, -0.25) is 0 Å². The summed E-state index contributed by atoms with van der Waals surface area (Å²) in [4.78, 5) is 2.27. The highest BCUT2D eigenvalue weighted by Gasteiger charge is 2.43. The molecule has 2 nitrogen and oxygen atoms in total. The second kappa shape index (κ2) is 9.52. The highest BCUT2D eigenvalue weighted by Crippen LogP contribution is 2.44. The fourth-order valence-corrected chi connectivity index (χ4v) is 6.28. The molecule has 0 atom stereocenters. The molecule has 0 saturated carbocycles. The van der Waals surface area contributed by atoms with E-state index >= 15 is 0 Å². The lowest BCUT2D eigenvalue weighted by Crippen LogP contribution is -2.60. The van der Waals surface area contributed by atoms with Gasteiger partial charge in [0.05, 0.1) is 2.74 Å². The topological polar surface area (TPSA) is 12.5 Å². The summed E-state index contributed by atoms with van der Waals surface area (Å²) >= 11 is 0. The smallest absolute Gasteiger partial charge is 0.256 e. The Hall–Kier alpha value is -3.46. The van der Waals surface area contributed by atoms with Crippen LogP contribution in [0, 0.1) is 0 Å². The molecule has 0 radical (unpaired) electrons. The molecule has 4 aromatic rings. The van der Waals surface area contributed by atoms with Crippen LogP contribution in [0.4, 0.5) is 17.1 Å². The zero-order valence-corrected chi connectivity index (χ0v) is 28.2. The summed E-state index contributed by atoms with van der Waals surface area (Å²) < 4.78 is 26.1. The van der Waals surface area contributed by atoms with Crippen molar-refractivity contribution in [1.29, 1.82) is 0 Å². The average molecular weight is 572 g/mol. The minimum atomic E-state index is -0.424. The summed E-state index contributed by atoms with van der Waals surface area (Å²) in [6, 6.07) is 23.0. The molecule has 6 rings (SSSR count). The number of fused-ring (bicyclic) bond motifs is 4. The van der Waals surface area contributed by atoms with E-state index in [0.717, 1.165) is 33.7 Å². The lowest BCUT2D eigenvalue weighted by atomic mass is 9.33. The van der Waals surface area contributed by atoms with Crippen molar-refractivity contribution in [3.8, 4) is 11.5 Å². The highest BCUT2D eigenvalue weighted by atomic mass is 16.5. The molecule has 0 unspecified atom stereocenters. The summed E-state index contributed by atoms with van der Waals surface area (Å²) in [5.74, 6) is 1.38. The molecule has 0 spiro atoms. The molecule has 43 heavy (non-hydrogen) atoms. The molecule has 222 valence electrons. The van der Waals surface area contributed by atoms with Crippen LogP contribution in [0.5, 0.6) is 11.5 Å². The summed E-state index contributed by atoms with van der Waals surface area (Å²) in [7, 11) is 0. The third-order valence-electron chi connectivity index (χ3n) is 9.08. The maximum atomic E-state index is 9.82. The van der Waals surface area contributed by atoms with Crippen LogP contribution in [0.2, 0.25) is 0 Å². The molecule has 0 aromatic heterocycles. The van der Waals surface area contributed by atoms with E-state index in [-0.39, 0.29) is 23.0 Å². The average Bonchev–Trinajstić information content (AvgIpc) is 2.92. The molecule has 3 heteroatoms. The molecule has 0 bridgehead atoms. The molecule has 0 fully saturated rings. The van der Waals surface area contributed by atoms with Gasteiger partial charge in [0.25, 0.3) is 6.71 Å². The fraction of sp³-hybridized carbons (Fsp3) is 0.400. The number of hydrogen-bond donors (Lipinski definition) is 0. The van der Waals surface area contributed by atoms with E-state index in [4.69, 9.17) is 4.74 Å². The van der Waals surface area contributed by atoms with Crippen molar-refractivity contribution in [2.45, 2.75) is 105 Å². The predicted octanol–water partition coefficient (Wildman–Crippen LogP) is 9.28. The van der Waals surface area contributed by atoms with Crippen LogP contribution in [-0.2, 0) is 21.7 Å². The van der Waals surface area contributed by atoms with Crippen LogP contribution >= 0.6 is 0 Å². The number of anilines is 3. The molecule has 2 aliphatic heterocycles. The normalized spacial score (nSPS) is 15.3. The zero-order chi connectivity index (χ0) is 33.0. The number of rotatable bonds is 1. The van der Waals surface area contributed by atoms with E-state index in [1.165, 1.54) is 22.2 Å². The first-order valence-electron chi connectivity index (χ1n) is 16.7. The van der Waals surface area contributed by atoms with Gasteiger partial charge >= 0.3 is 0 Å². The van der Waals surface area contributed by atoms with E-state index in [1.807, 2.05) is 0 Å². The largest absolute Gasteiger partial charge is 0.458 e. The highest BCUT2D eigenvalue weighted by molar-refractivity contribution is 6.99. The van der Waals surface area contributed by atoms with Crippen molar-refractivity contribution in [2.75, 3.05) is 4.90 Å². The first kappa shape index (κ1) is 27.1. The maximum Gasteiger partial charge on any atom is 0.256 e. The van der Waals surface area contributed by atoms with Gasteiger partial charge in [-0.1, -0.05) is 119 Å². The van der Waals surface area contributed by atoms with Gasteiger partial charge in [0.1, 0.15) is 11.5 Å². The Labute approximate surface area is 263 Å². The molecule has 0 aliphatic carbocycles. The molecule has 0 saturated heterocycles. The van der Waals surface area contributed by atoms with Crippen molar-refractivity contribution in [3.05, 3.63) is 95.0 Å². The van der Waals surface area contributed by atoms with Crippen molar-refractivity contribution in [2.24, 2.45) is 0 Å². The quantitative estimate of drug-likeness (QED) is 0.182. The summed E-state index contributed by atoms with van der Waals surface area (Å²) in [6.45, 7) is 26.3. The molecule has 4 aromatic carbocycles. The number of ether oxygens (including phenoxy) is 1. The Morgan fingerprint density at radius 1 is 0.535 bits per heavy atom. The first-order chi connectivity index (χ1) is 20.7. The van der Waals surface area contributed by atoms with Crippen LogP contribution in [0.3, 0.4) is 0 Å². The number of nitrogens with zero attached hydrogens (tertiary/aromatic N) is 1. The molecule has 0 amide bonds. The van der Waals surface area contributed by atoms with Gasteiger partial charge < -0.3 is 9.64 Å². The molecule has 2 heterocycles. The fourth-order valence-electron chi connectivity index (χ4n) is 6.28. The van der Waals surface area contributed by atoms with E-state index in [2.05, 4.69) is 149 Å². The summed E-state index contributed by atoms with van der Waals surface area (Å²) in [5.41, 5.74) is 10.1. The van der Waals surface area contributed by atoms with E-state index in [9.17, 15) is 2.74 Å². The second-order valence-corrected chi connectivity index (χ2v) is 16.7. The van der Waals surface area contributed by atoms with E-state index < -0.39 is 5.41 Å². The summed E-state index contributed by atoms with van der Waals surface area (Å²) in [6.07, 6.45) is 0. The van der Waals surface area contributed by atoms with Crippen molar-refractivity contribution in [1.82, 2.24) is 0 Å². The van der Waals surface area contributed by atoms with Crippen molar-refractivity contribution in [3.63, 3.8) is 0 Å². The van der Waals surface area contributed by atoms with Gasteiger partial charge in [-0.05, 0) is 96.7 Å². The van der Waals surface area contributed by atoms with Gasteiger partial charge in [-0.2, -0.15) is 0 Å². The van der Waals surface area contributed by atoms with Crippen LogP contribution in [0.15, 0.2) is 72.7 Å². The van der Waals surface area contributed by atoms with Gasteiger partial charge in [-0.15, -0.1) is 0 Å². The SMILES string of the molecule is [2H]c1c2c3c(c([2H])c1C(C)(C)C)N(c1ccc(C(C)(C)C)cc1)c1ccc(C(C)(C)C)cc1B3c1cc(C(C)(C)C)ccc1O2. The van der Waals surface area contributed by atoms with Crippen molar-refractivity contribution < 1.29 is 7.48 Å². The predicted molar refractivity (Wildman–Crippen MR) is 187 cm³/mol. The monoisotopic (exact) mass is 571 g/mol. The Balaban J connectivity index is 1.76. The van der Waals surface area contributed by atoms with E-state index in [1.54, 1.807) is 0 Å². The maximum absolute atomic E-state index is 9.82. The number of hydrogen-bond acceptors (Lipinski definition) is 2. The molecular weight excluding hydrogens is 521 g/mol. The lowest BCUT2D eigenvalue weighted by Gasteiger charge is -2.42. The molecule has 0 N–H and O–H groups in total. The Kier molecular flexibility index (Phi) is 6.00. The lowest BCUT2D eigenvalue weighted by molar-refractivity contribution is 0.482. The van der Waals surface area contributed by atoms with Gasteiger partial charge in [-0.25, -0.2) is 0 Å². The Morgan fingerprint density at radius 3 is 1.60 bits per heavy atom. The van der Waals surface area contributed by atoms with Crippen LogP contribution < -0.4 is 26.0 Å². The second-order valence-electron chi connectivity index (χ2n) is 16.7. The van der Waals surface area contributed by atoms with Gasteiger partial charge in [0.15, 0.2) is 0 Å². The zero-order valence-electron chi connectivity index (χ0n) is 30.2. The Bertz CT molecular complexity index is 1830. The van der Waals surface area contributed by atoms with Crippen LogP contribution in [0.1, 0.15) is 108 Å². The summed E-state index contributed by atoms with van der Waals surface area (Å²) in [5, 5.41) is 0. The Morgan fingerprint density at radius 2 is 1.05 bits per heavy atom.